The Labute approximate surface area is 242 Å². The third-order valence-corrected chi connectivity index (χ3v) is 7.89. The molecule has 0 aliphatic carbocycles. The summed E-state index contributed by atoms with van der Waals surface area (Å²) in [5.41, 5.74) is 3.85. The summed E-state index contributed by atoms with van der Waals surface area (Å²) < 4.78 is 34.2. The van der Waals surface area contributed by atoms with Crippen LogP contribution in [0.15, 0.2) is 42.5 Å². The summed E-state index contributed by atoms with van der Waals surface area (Å²) in [7, 11) is 0. The van der Waals surface area contributed by atoms with Gasteiger partial charge in [-0.2, -0.15) is 0 Å². The molecule has 2 heterocycles. The number of carbonyl (C=O) groups is 4. The van der Waals surface area contributed by atoms with E-state index in [4.69, 9.17) is 28.4 Å². The monoisotopic (exact) mass is 586 g/mol. The molecular formula is C30H34O10S. The van der Waals surface area contributed by atoms with E-state index in [0.29, 0.717) is 17.3 Å². The largest absolute Gasteiger partial charge is 0.483 e. The second-order valence-electron chi connectivity index (χ2n) is 9.82. The zero-order valence-corrected chi connectivity index (χ0v) is 24.4. The molecule has 0 spiro atoms. The summed E-state index contributed by atoms with van der Waals surface area (Å²) in [6, 6.07) is 13.9. The number of fused-ring (bicyclic) bond motifs is 1. The maximum absolute atomic E-state index is 12.2. The molecule has 2 aliphatic rings. The molecule has 0 N–H and O–H groups in total. The van der Waals surface area contributed by atoms with Gasteiger partial charge >= 0.3 is 23.9 Å². The maximum Gasteiger partial charge on any atom is 0.303 e. The number of esters is 4. The molecule has 0 amide bonds. The summed E-state index contributed by atoms with van der Waals surface area (Å²) in [4.78, 5) is 48.1. The molecule has 2 aliphatic heterocycles. The van der Waals surface area contributed by atoms with Gasteiger partial charge in [0.05, 0.1) is 5.25 Å². The first kappa shape index (κ1) is 30.4. The number of rotatable bonds is 8. The Balaban J connectivity index is 1.78. The Hall–Kier alpha value is -3.57. The molecular weight excluding hydrogens is 552 g/mol. The summed E-state index contributed by atoms with van der Waals surface area (Å²) in [6.07, 6.45) is -4.67. The zero-order chi connectivity index (χ0) is 29.7. The minimum Gasteiger partial charge on any atom is -0.483 e. The standard InChI is InChI=1S/C30H34O10S/c1-6-20-7-9-21(10-8-20)30-23-13-22(11-12-24(23)36-15-41-30)26-28(38-18(4)33)29(39-19(5)34)27(37-17(3)32)25(40-26)14-35-16(2)31/h7-13,25-30H,6,14-15H2,1-5H3. The third kappa shape index (κ3) is 7.39. The van der Waals surface area contributed by atoms with E-state index in [2.05, 4.69) is 31.2 Å². The van der Waals surface area contributed by atoms with Crippen molar-refractivity contribution in [1.82, 2.24) is 0 Å². The average molecular weight is 587 g/mol. The van der Waals surface area contributed by atoms with Crippen molar-refractivity contribution in [1.29, 1.82) is 0 Å². The highest BCUT2D eigenvalue weighted by Gasteiger charge is 2.52. The van der Waals surface area contributed by atoms with Gasteiger partial charge in [-0.05, 0) is 35.2 Å². The topological polar surface area (TPSA) is 124 Å². The van der Waals surface area contributed by atoms with E-state index in [-0.39, 0.29) is 11.9 Å². The van der Waals surface area contributed by atoms with E-state index in [1.807, 2.05) is 12.1 Å². The first-order valence-electron chi connectivity index (χ1n) is 13.3. The van der Waals surface area contributed by atoms with Crippen molar-refractivity contribution in [2.24, 2.45) is 0 Å². The Morgan fingerprint density at radius 1 is 0.805 bits per heavy atom. The predicted octanol–water partition coefficient (Wildman–Crippen LogP) is 4.22. The normalized spacial score (nSPS) is 25.2. The van der Waals surface area contributed by atoms with Crippen molar-refractivity contribution in [3.05, 3.63) is 64.7 Å². The predicted molar refractivity (Wildman–Crippen MR) is 148 cm³/mol. The van der Waals surface area contributed by atoms with Crippen molar-refractivity contribution >= 4 is 35.6 Å². The molecule has 0 bridgehead atoms. The fourth-order valence-corrected chi connectivity index (χ4v) is 6.08. The lowest BCUT2D eigenvalue weighted by molar-refractivity contribution is -0.254. The van der Waals surface area contributed by atoms with Crippen LogP contribution in [0.5, 0.6) is 5.75 Å². The van der Waals surface area contributed by atoms with Crippen LogP contribution in [0, 0.1) is 0 Å². The van der Waals surface area contributed by atoms with Crippen LogP contribution < -0.4 is 4.74 Å². The van der Waals surface area contributed by atoms with Crippen LogP contribution >= 0.6 is 11.8 Å². The van der Waals surface area contributed by atoms with Gasteiger partial charge in [0, 0.05) is 33.3 Å². The summed E-state index contributed by atoms with van der Waals surface area (Å²) in [5, 5.41) is -0.0322. The Kier molecular flexibility index (Phi) is 9.93. The molecule has 2 aromatic carbocycles. The van der Waals surface area contributed by atoms with Crippen molar-refractivity contribution in [3.63, 3.8) is 0 Å². The van der Waals surface area contributed by atoms with Gasteiger partial charge < -0.3 is 28.4 Å². The second-order valence-corrected chi connectivity index (χ2v) is 10.9. The van der Waals surface area contributed by atoms with Gasteiger partial charge in [0.2, 0.25) is 0 Å². The fraction of sp³-hybridized carbons (Fsp3) is 0.467. The van der Waals surface area contributed by atoms with Gasteiger partial charge in [0.25, 0.3) is 0 Å². The Morgan fingerprint density at radius 2 is 1.41 bits per heavy atom. The molecule has 0 aromatic heterocycles. The van der Waals surface area contributed by atoms with Gasteiger partial charge in [0.15, 0.2) is 18.3 Å². The number of benzene rings is 2. The molecule has 41 heavy (non-hydrogen) atoms. The van der Waals surface area contributed by atoms with Crippen molar-refractivity contribution in [2.45, 2.75) is 76.8 Å². The van der Waals surface area contributed by atoms with Crippen LogP contribution in [0.3, 0.4) is 0 Å². The van der Waals surface area contributed by atoms with E-state index in [1.165, 1.54) is 33.3 Å². The number of carbonyl (C=O) groups excluding carboxylic acids is 4. The summed E-state index contributed by atoms with van der Waals surface area (Å²) >= 11 is 1.63. The van der Waals surface area contributed by atoms with Gasteiger partial charge in [-0.15, -0.1) is 11.8 Å². The zero-order valence-electron chi connectivity index (χ0n) is 23.6. The molecule has 0 saturated carbocycles. The third-order valence-electron chi connectivity index (χ3n) is 6.78. The molecule has 1 fully saturated rings. The highest BCUT2D eigenvalue weighted by Crippen LogP contribution is 2.46. The lowest BCUT2D eigenvalue weighted by atomic mass is 9.89. The van der Waals surface area contributed by atoms with E-state index in [1.54, 1.807) is 17.8 Å². The van der Waals surface area contributed by atoms with Crippen LogP contribution in [0.4, 0.5) is 0 Å². The van der Waals surface area contributed by atoms with E-state index in [0.717, 1.165) is 17.5 Å². The minimum absolute atomic E-state index is 0.0322. The lowest BCUT2D eigenvalue weighted by Crippen LogP contribution is -2.59. The Morgan fingerprint density at radius 3 is 2.02 bits per heavy atom. The van der Waals surface area contributed by atoms with Crippen LogP contribution in [0.25, 0.3) is 0 Å². The molecule has 6 unspecified atom stereocenters. The fourth-order valence-electron chi connectivity index (χ4n) is 5.04. The summed E-state index contributed by atoms with van der Waals surface area (Å²) in [6.45, 7) is 6.66. The molecule has 1 saturated heterocycles. The number of hydrogen-bond acceptors (Lipinski definition) is 11. The van der Waals surface area contributed by atoms with E-state index >= 15 is 0 Å². The number of aryl methyl sites for hydroxylation is 1. The smallest absolute Gasteiger partial charge is 0.303 e. The maximum atomic E-state index is 12.2. The average Bonchev–Trinajstić information content (AvgIpc) is 2.93. The molecule has 2 aromatic rings. The van der Waals surface area contributed by atoms with Crippen LogP contribution in [0.2, 0.25) is 0 Å². The van der Waals surface area contributed by atoms with Crippen molar-refractivity contribution in [3.8, 4) is 5.75 Å². The quantitative estimate of drug-likeness (QED) is 0.326. The highest BCUT2D eigenvalue weighted by atomic mass is 32.2. The van der Waals surface area contributed by atoms with E-state index < -0.39 is 54.4 Å². The van der Waals surface area contributed by atoms with E-state index in [9.17, 15) is 19.2 Å². The van der Waals surface area contributed by atoms with Crippen molar-refractivity contribution < 1.29 is 47.6 Å². The van der Waals surface area contributed by atoms with Gasteiger partial charge in [0.1, 0.15) is 30.5 Å². The molecule has 10 nitrogen and oxygen atoms in total. The molecule has 11 heteroatoms. The lowest BCUT2D eigenvalue weighted by Gasteiger charge is -2.44. The molecule has 4 rings (SSSR count). The minimum atomic E-state index is -1.24. The van der Waals surface area contributed by atoms with Gasteiger partial charge in [-0.1, -0.05) is 37.3 Å². The first-order chi connectivity index (χ1) is 19.6. The van der Waals surface area contributed by atoms with Gasteiger partial charge in [-0.25, -0.2) is 0 Å². The molecule has 6 atom stereocenters. The number of hydrogen-bond donors (Lipinski definition) is 0. The number of ether oxygens (including phenoxy) is 6. The summed E-state index contributed by atoms with van der Waals surface area (Å²) in [5.74, 6) is -1.39. The number of thioether (sulfide) groups is 1. The highest BCUT2D eigenvalue weighted by molar-refractivity contribution is 7.99. The second kappa shape index (κ2) is 13.4. The van der Waals surface area contributed by atoms with Crippen molar-refractivity contribution in [2.75, 3.05) is 12.5 Å². The Bertz CT molecular complexity index is 1280. The first-order valence-corrected chi connectivity index (χ1v) is 14.4. The van der Waals surface area contributed by atoms with Crippen LogP contribution in [0.1, 0.15) is 68.2 Å². The van der Waals surface area contributed by atoms with Crippen LogP contribution in [-0.4, -0.2) is 60.8 Å². The van der Waals surface area contributed by atoms with Crippen LogP contribution in [-0.2, 0) is 49.3 Å². The SMILES string of the molecule is CCc1ccc(C2SCOc3ccc(C4OC(COC(C)=O)C(OC(C)=O)C(OC(C)=O)C4OC(C)=O)cc32)cc1. The molecule has 220 valence electrons. The molecule has 0 radical (unpaired) electrons. The van der Waals surface area contributed by atoms with Gasteiger partial charge in [-0.3, -0.25) is 19.2 Å².